The Morgan fingerprint density at radius 3 is 2.59 bits per heavy atom. The lowest BCUT2D eigenvalue weighted by Gasteiger charge is -2.36. The van der Waals surface area contributed by atoms with E-state index < -0.39 is 0 Å². The number of hydrogen-bond donors (Lipinski definition) is 1. The molecular formula is C15H32N2. The molecule has 1 aliphatic heterocycles. The van der Waals surface area contributed by atoms with Gasteiger partial charge in [0.1, 0.15) is 0 Å². The van der Waals surface area contributed by atoms with Crippen molar-refractivity contribution in [1.29, 1.82) is 0 Å². The Bertz CT molecular complexity index is 193. The number of nitrogens with one attached hydrogen (secondary N) is 1. The van der Waals surface area contributed by atoms with Crippen molar-refractivity contribution in [3.63, 3.8) is 0 Å². The highest BCUT2D eigenvalue weighted by molar-refractivity contribution is 4.81. The van der Waals surface area contributed by atoms with Crippen LogP contribution in [-0.4, -0.2) is 36.1 Å². The average Bonchev–Trinajstić information content (AvgIpc) is 2.53. The van der Waals surface area contributed by atoms with Crippen LogP contribution in [0.4, 0.5) is 0 Å². The average molecular weight is 240 g/mol. The fourth-order valence-corrected chi connectivity index (χ4v) is 3.30. The van der Waals surface area contributed by atoms with E-state index in [0.29, 0.717) is 6.04 Å². The molecule has 1 saturated heterocycles. The second kappa shape index (κ2) is 8.10. The minimum absolute atomic E-state index is 0.649. The highest BCUT2D eigenvalue weighted by Gasteiger charge is 2.24. The molecule has 0 radical (unpaired) electrons. The summed E-state index contributed by atoms with van der Waals surface area (Å²) in [6.07, 6.45) is 8.28. The van der Waals surface area contributed by atoms with Crippen molar-refractivity contribution in [3.05, 3.63) is 0 Å². The van der Waals surface area contributed by atoms with E-state index in [2.05, 4.69) is 37.9 Å². The normalized spacial score (nSPS) is 26.5. The molecule has 0 amide bonds. The first-order valence-corrected chi connectivity index (χ1v) is 7.68. The molecule has 1 rings (SSSR count). The highest BCUT2D eigenvalue weighted by atomic mass is 15.2. The molecule has 3 unspecified atom stereocenters. The molecule has 1 fully saturated rings. The lowest BCUT2D eigenvalue weighted by atomic mass is 10.0. The van der Waals surface area contributed by atoms with Gasteiger partial charge in [-0.1, -0.05) is 26.7 Å². The van der Waals surface area contributed by atoms with Gasteiger partial charge in [-0.25, -0.2) is 0 Å². The van der Waals surface area contributed by atoms with E-state index in [0.717, 1.165) is 18.6 Å². The molecule has 0 saturated carbocycles. The monoisotopic (exact) mass is 240 g/mol. The molecule has 1 heterocycles. The summed E-state index contributed by atoms with van der Waals surface area (Å²) in [5.74, 6) is 0. The van der Waals surface area contributed by atoms with Crippen LogP contribution in [0, 0.1) is 0 Å². The molecule has 0 aromatic carbocycles. The Morgan fingerprint density at radius 2 is 1.94 bits per heavy atom. The lowest BCUT2D eigenvalue weighted by Crippen LogP contribution is -2.44. The Morgan fingerprint density at radius 1 is 1.18 bits per heavy atom. The molecule has 17 heavy (non-hydrogen) atoms. The van der Waals surface area contributed by atoms with E-state index in [-0.39, 0.29) is 0 Å². The summed E-state index contributed by atoms with van der Waals surface area (Å²) in [6.45, 7) is 11.7. The van der Waals surface area contributed by atoms with Gasteiger partial charge in [-0.05, 0) is 52.6 Å². The van der Waals surface area contributed by atoms with Crippen molar-refractivity contribution < 1.29 is 0 Å². The van der Waals surface area contributed by atoms with E-state index in [4.69, 9.17) is 0 Å². The van der Waals surface area contributed by atoms with E-state index in [1.165, 1.54) is 45.1 Å². The van der Waals surface area contributed by atoms with Gasteiger partial charge in [-0.3, -0.25) is 4.90 Å². The Kier molecular flexibility index (Phi) is 7.14. The predicted molar refractivity (Wildman–Crippen MR) is 76.5 cm³/mol. The van der Waals surface area contributed by atoms with Crippen molar-refractivity contribution in [2.75, 3.05) is 13.1 Å². The van der Waals surface area contributed by atoms with Crippen LogP contribution in [0.3, 0.4) is 0 Å². The summed E-state index contributed by atoms with van der Waals surface area (Å²) in [6, 6.07) is 2.21. The van der Waals surface area contributed by atoms with Gasteiger partial charge in [0.05, 0.1) is 0 Å². The number of hydrogen-bond acceptors (Lipinski definition) is 2. The first kappa shape index (κ1) is 15.0. The van der Waals surface area contributed by atoms with Gasteiger partial charge in [0, 0.05) is 18.1 Å². The van der Waals surface area contributed by atoms with E-state index in [1.807, 2.05) is 0 Å². The van der Waals surface area contributed by atoms with Crippen LogP contribution in [0.25, 0.3) is 0 Å². The Hall–Kier alpha value is -0.0800. The van der Waals surface area contributed by atoms with Crippen LogP contribution in [0.2, 0.25) is 0 Å². The largest absolute Gasteiger partial charge is 0.314 e. The van der Waals surface area contributed by atoms with Crippen LogP contribution in [0.5, 0.6) is 0 Å². The van der Waals surface area contributed by atoms with Crippen molar-refractivity contribution in [1.82, 2.24) is 10.2 Å². The van der Waals surface area contributed by atoms with Gasteiger partial charge < -0.3 is 5.32 Å². The summed E-state index contributed by atoms with van der Waals surface area (Å²) in [5, 5.41) is 3.54. The van der Waals surface area contributed by atoms with Crippen LogP contribution < -0.4 is 5.32 Å². The summed E-state index contributed by atoms with van der Waals surface area (Å²) in [7, 11) is 0. The van der Waals surface area contributed by atoms with E-state index in [1.54, 1.807) is 0 Å². The van der Waals surface area contributed by atoms with Crippen molar-refractivity contribution >= 4 is 0 Å². The lowest BCUT2D eigenvalue weighted by molar-refractivity contribution is 0.129. The molecule has 0 aromatic heterocycles. The van der Waals surface area contributed by atoms with E-state index >= 15 is 0 Å². The molecule has 0 spiro atoms. The minimum atomic E-state index is 0.649. The van der Waals surface area contributed by atoms with E-state index in [9.17, 15) is 0 Å². The number of likely N-dealkylation sites (tertiary alicyclic amines) is 1. The van der Waals surface area contributed by atoms with Gasteiger partial charge in [0.25, 0.3) is 0 Å². The smallest absolute Gasteiger partial charge is 0.00954 e. The first-order valence-electron chi connectivity index (χ1n) is 7.68. The predicted octanol–water partition coefficient (Wildman–Crippen LogP) is 3.42. The molecule has 1 N–H and O–H groups in total. The van der Waals surface area contributed by atoms with Crippen molar-refractivity contribution in [2.45, 2.75) is 84.3 Å². The van der Waals surface area contributed by atoms with Crippen molar-refractivity contribution in [2.24, 2.45) is 0 Å². The zero-order valence-corrected chi connectivity index (χ0v) is 12.3. The maximum Gasteiger partial charge on any atom is 0.00954 e. The molecule has 102 valence electrons. The SMILES string of the molecule is CCNC(C)CC(C)N1CCCCCC1CC. The highest BCUT2D eigenvalue weighted by Crippen LogP contribution is 2.23. The zero-order valence-electron chi connectivity index (χ0n) is 12.3. The fourth-order valence-electron chi connectivity index (χ4n) is 3.30. The third-order valence-corrected chi connectivity index (χ3v) is 4.21. The van der Waals surface area contributed by atoms with Gasteiger partial charge in [0.15, 0.2) is 0 Å². The zero-order chi connectivity index (χ0) is 12.7. The molecule has 1 aliphatic rings. The van der Waals surface area contributed by atoms with Crippen molar-refractivity contribution in [3.8, 4) is 0 Å². The molecule has 0 aliphatic carbocycles. The standard InChI is InChI=1S/C15H32N2/c1-5-15-10-8-7-9-11-17(15)14(4)12-13(3)16-6-2/h13-16H,5-12H2,1-4H3. The number of rotatable bonds is 6. The summed E-state index contributed by atoms with van der Waals surface area (Å²) in [5.41, 5.74) is 0. The van der Waals surface area contributed by atoms with Crippen LogP contribution in [-0.2, 0) is 0 Å². The molecule has 2 nitrogen and oxygen atoms in total. The maximum atomic E-state index is 3.54. The van der Waals surface area contributed by atoms with Crippen LogP contribution in [0.1, 0.15) is 66.2 Å². The summed E-state index contributed by atoms with van der Waals surface area (Å²) in [4.78, 5) is 2.78. The van der Waals surface area contributed by atoms with Gasteiger partial charge >= 0.3 is 0 Å². The van der Waals surface area contributed by atoms with Gasteiger partial charge in [0.2, 0.25) is 0 Å². The minimum Gasteiger partial charge on any atom is -0.314 e. The van der Waals surface area contributed by atoms with Gasteiger partial charge in [-0.2, -0.15) is 0 Å². The number of nitrogens with zero attached hydrogens (tertiary/aromatic N) is 1. The van der Waals surface area contributed by atoms with Gasteiger partial charge in [-0.15, -0.1) is 0 Å². The first-order chi connectivity index (χ1) is 8.19. The fraction of sp³-hybridized carbons (Fsp3) is 1.00. The Labute approximate surface area is 108 Å². The second-order valence-electron chi connectivity index (χ2n) is 5.69. The molecule has 3 atom stereocenters. The van der Waals surface area contributed by atoms with Crippen LogP contribution >= 0.6 is 0 Å². The quantitative estimate of drug-likeness (QED) is 0.765. The second-order valence-corrected chi connectivity index (χ2v) is 5.69. The Balaban J connectivity index is 2.48. The summed E-state index contributed by atoms with van der Waals surface area (Å²) < 4.78 is 0. The summed E-state index contributed by atoms with van der Waals surface area (Å²) >= 11 is 0. The molecule has 2 heteroatoms. The van der Waals surface area contributed by atoms with Crippen LogP contribution in [0.15, 0.2) is 0 Å². The molecule has 0 aromatic rings. The third kappa shape index (κ3) is 4.97. The molecular weight excluding hydrogens is 208 g/mol. The topological polar surface area (TPSA) is 15.3 Å². The molecule has 0 bridgehead atoms. The maximum absolute atomic E-state index is 3.54. The third-order valence-electron chi connectivity index (χ3n) is 4.21.